The fourth-order valence-electron chi connectivity index (χ4n) is 4.02. The molecule has 2 heterocycles. The molecule has 2 aromatic carbocycles. The van der Waals surface area contributed by atoms with Crippen molar-refractivity contribution in [3.63, 3.8) is 0 Å². The summed E-state index contributed by atoms with van der Waals surface area (Å²) in [6.07, 6.45) is 2.49. The number of hydrogen-bond donors (Lipinski definition) is 1. The van der Waals surface area contributed by atoms with Gasteiger partial charge in [0.2, 0.25) is 10.0 Å². The zero-order valence-corrected chi connectivity index (χ0v) is 16.8. The van der Waals surface area contributed by atoms with Crippen LogP contribution in [0.15, 0.2) is 53.4 Å². The first-order valence-electron chi connectivity index (χ1n) is 9.80. The lowest BCUT2D eigenvalue weighted by Crippen LogP contribution is -2.31. The summed E-state index contributed by atoms with van der Waals surface area (Å²) in [6.45, 7) is 2.24. The number of sulfonamides is 1. The first-order valence-corrected chi connectivity index (χ1v) is 11.2. The van der Waals surface area contributed by atoms with E-state index in [2.05, 4.69) is 5.32 Å². The molecule has 9 heteroatoms. The number of non-ortho nitro benzene ring substituents is 1. The van der Waals surface area contributed by atoms with Crippen LogP contribution in [-0.2, 0) is 10.0 Å². The van der Waals surface area contributed by atoms with Gasteiger partial charge in [0.25, 0.3) is 5.69 Å². The summed E-state index contributed by atoms with van der Waals surface area (Å²) < 4.78 is 27.9. The smallest absolute Gasteiger partial charge is 0.270 e. The van der Waals surface area contributed by atoms with Crippen molar-refractivity contribution in [2.24, 2.45) is 0 Å². The van der Waals surface area contributed by atoms with E-state index in [9.17, 15) is 18.5 Å². The van der Waals surface area contributed by atoms with Gasteiger partial charge in [0, 0.05) is 50.0 Å². The highest BCUT2D eigenvalue weighted by molar-refractivity contribution is 7.89. The van der Waals surface area contributed by atoms with Crippen LogP contribution in [0.2, 0.25) is 0 Å². The highest BCUT2D eigenvalue weighted by Gasteiger charge is 2.34. The third kappa shape index (κ3) is 4.06. The van der Waals surface area contributed by atoms with Crippen LogP contribution in [0.3, 0.4) is 0 Å². The summed E-state index contributed by atoms with van der Waals surface area (Å²) in [6, 6.07) is 14.2. The predicted octanol–water partition coefficient (Wildman–Crippen LogP) is 3.07. The molecule has 2 aromatic rings. The van der Waals surface area contributed by atoms with E-state index in [0.29, 0.717) is 31.9 Å². The molecule has 8 nitrogen and oxygen atoms in total. The van der Waals surface area contributed by atoms with Crippen LogP contribution in [0.25, 0.3) is 0 Å². The van der Waals surface area contributed by atoms with Crippen molar-refractivity contribution in [3.8, 4) is 0 Å². The summed E-state index contributed by atoms with van der Waals surface area (Å²) in [7, 11) is -3.77. The predicted molar refractivity (Wildman–Crippen MR) is 112 cm³/mol. The summed E-state index contributed by atoms with van der Waals surface area (Å²) in [5.41, 5.74) is 1.36. The molecule has 0 bridgehead atoms. The fourth-order valence-corrected chi connectivity index (χ4v) is 5.77. The average Bonchev–Trinajstić information content (AvgIpc) is 3.41. The van der Waals surface area contributed by atoms with Crippen molar-refractivity contribution < 1.29 is 13.3 Å². The van der Waals surface area contributed by atoms with E-state index in [-0.39, 0.29) is 16.6 Å². The van der Waals surface area contributed by atoms with Gasteiger partial charge in [0.1, 0.15) is 4.90 Å². The topological polar surface area (TPSA) is 95.8 Å². The van der Waals surface area contributed by atoms with Gasteiger partial charge in [-0.15, -0.1) is 0 Å². The number of para-hydroxylation sites is 1. The molecule has 0 radical (unpaired) electrons. The van der Waals surface area contributed by atoms with Crippen molar-refractivity contribution in [3.05, 3.63) is 58.6 Å². The molecule has 2 saturated heterocycles. The van der Waals surface area contributed by atoms with Crippen molar-refractivity contribution >= 4 is 27.1 Å². The van der Waals surface area contributed by atoms with E-state index in [1.807, 2.05) is 35.2 Å². The molecular weight excluding hydrogens is 392 g/mol. The zero-order valence-electron chi connectivity index (χ0n) is 16.0. The van der Waals surface area contributed by atoms with E-state index in [0.717, 1.165) is 24.9 Å². The number of nitrogens with zero attached hydrogens (tertiary/aromatic N) is 3. The summed E-state index contributed by atoms with van der Waals surface area (Å²) in [5.74, 6) is 0. The second kappa shape index (κ2) is 8.00. The Balaban J connectivity index is 1.62. The average molecular weight is 417 g/mol. The first-order chi connectivity index (χ1) is 13.9. The van der Waals surface area contributed by atoms with Crippen LogP contribution in [0.4, 0.5) is 17.1 Å². The Morgan fingerprint density at radius 1 is 1.03 bits per heavy atom. The molecule has 1 atom stereocenters. The van der Waals surface area contributed by atoms with Crippen molar-refractivity contribution in [1.29, 1.82) is 0 Å². The quantitative estimate of drug-likeness (QED) is 0.574. The van der Waals surface area contributed by atoms with Gasteiger partial charge in [-0.1, -0.05) is 18.2 Å². The Kier molecular flexibility index (Phi) is 5.42. The van der Waals surface area contributed by atoms with Gasteiger partial charge in [-0.05, 0) is 37.5 Å². The largest absolute Gasteiger partial charge is 0.380 e. The van der Waals surface area contributed by atoms with Gasteiger partial charge >= 0.3 is 0 Å². The van der Waals surface area contributed by atoms with Crippen molar-refractivity contribution in [2.75, 3.05) is 36.4 Å². The highest BCUT2D eigenvalue weighted by Crippen LogP contribution is 2.35. The van der Waals surface area contributed by atoms with Crippen LogP contribution in [-0.4, -0.2) is 49.9 Å². The van der Waals surface area contributed by atoms with Crippen LogP contribution in [0.1, 0.15) is 19.3 Å². The maximum atomic E-state index is 13.2. The monoisotopic (exact) mass is 416 g/mol. The summed E-state index contributed by atoms with van der Waals surface area (Å²) in [4.78, 5) is 12.8. The number of nitro groups is 1. The Hall–Kier alpha value is -2.65. The van der Waals surface area contributed by atoms with E-state index in [1.165, 1.54) is 16.4 Å². The standard InChI is InChI=1S/C20H24N4O4S/c25-24(26)18-8-9-19(20(14-18)29(27,28)23-11-4-5-12-23)22-13-10-17(15-22)21-16-6-2-1-3-7-16/h1-3,6-9,14,17,21H,4-5,10-13,15H2/t17-/m0/s1. The number of hydrogen-bond acceptors (Lipinski definition) is 6. The molecule has 2 aliphatic heterocycles. The fraction of sp³-hybridized carbons (Fsp3) is 0.400. The summed E-state index contributed by atoms with van der Waals surface area (Å²) in [5, 5.41) is 14.7. The lowest BCUT2D eigenvalue weighted by Gasteiger charge is -2.24. The number of nitrogens with one attached hydrogen (secondary N) is 1. The molecule has 0 aromatic heterocycles. The molecule has 0 unspecified atom stereocenters. The maximum absolute atomic E-state index is 13.2. The SMILES string of the molecule is O=[N+]([O-])c1ccc(N2CC[C@H](Nc3ccccc3)C2)c(S(=O)(=O)N2CCCC2)c1. The van der Waals surface area contributed by atoms with Crippen LogP contribution in [0.5, 0.6) is 0 Å². The van der Waals surface area contributed by atoms with E-state index in [4.69, 9.17) is 0 Å². The van der Waals surface area contributed by atoms with Crippen LogP contribution in [0, 0.1) is 10.1 Å². The Labute approximate surface area is 170 Å². The normalized spacial score (nSPS) is 20.1. The third-order valence-corrected chi connectivity index (χ3v) is 7.44. The molecule has 2 aliphatic rings. The second-order valence-corrected chi connectivity index (χ2v) is 9.37. The Bertz CT molecular complexity index is 991. The maximum Gasteiger partial charge on any atom is 0.270 e. The molecule has 4 rings (SSSR count). The number of anilines is 2. The number of benzene rings is 2. The van der Waals surface area contributed by atoms with Gasteiger partial charge in [-0.3, -0.25) is 10.1 Å². The van der Waals surface area contributed by atoms with E-state index in [1.54, 1.807) is 6.07 Å². The molecular formula is C20H24N4O4S. The Morgan fingerprint density at radius 2 is 1.76 bits per heavy atom. The minimum Gasteiger partial charge on any atom is -0.380 e. The molecule has 0 spiro atoms. The van der Waals surface area contributed by atoms with Crippen LogP contribution < -0.4 is 10.2 Å². The van der Waals surface area contributed by atoms with E-state index >= 15 is 0 Å². The second-order valence-electron chi connectivity index (χ2n) is 7.46. The lowest BCUT2D eigenvalue weighted by atomic mass is 10.2. The Morgan fingerprint density at radius 3 is 2.45 bits per heavy atom. The lowest BCUT2D eigenvalue weighted by molar-refractivity contribution is -0.385. The first kappa shape index (κ1) is 19.7. The van der Waals surface area contributed by atoms with Gasteiger partial charge in [-0.25, -0.2) is 8.42 Å². The number of nitro benzene ring substituents is 1. The molecule has 29 heavy (non-hydrogen) atoms. The van der Waals surface area contributed by atoms with Crippen molar-refractivity contribution in [2.45, 2.75) is 30.2 Å². The molecule has 154 valence electrons. The summed E-state index contributed by atoms with van der Waals surface area (Å²) >= 11 is 0. The van der Waals surface area contributed by atoms with E-state index < -0.39 is 14.9 Å². The minimum absolute atomic E-state index is 0.0361. The van der Waals surface area contributed by atoms with Gasteiger partial charge in [-0.2, -0.15) is 4.31 Å². The molecule has 0 aliphatic carbocycles. The molecule has 2 fully saturated rings. The van der Waals surface area contributed by atoms with Gasteiger partial charge < -0.3 is 10.2 Å². The zero-order chi connectivity index (χ0) is 20.4. The number of rotatable bonds is 6. The van der Waals surface area contributed by atoms with Gasteiger partial charge in [0.15, 0.2) is 0 Å². The van der Waals surface area contributed by atoms with Crippen molar-refractivity contribution in [1.82, 2.24) is 4.31 Å². The van der Waals surface area contributed by atoms with Gasteiger partial charge in [0.05, 0.1) is 10.6 Å². The molecule has 1 N–H and O–H groups in total. The molecule has 0 saturated carbocycles. The molecule has 0 amide bonds. The minimum atomic E-state index is -3.77. The van der Waals surface area contributed by atoms with Crippen LogP contribution >= 0.6 is 0 Å². The highest BCUT2D eigenvalue weighted by atomic mass is 32.2. The third-order valence-electron chi connectivity index (χ3n) is 5.51.